The molecule has 0 saturated heterocycles. The second-order valence-corrected chi connectivity index (χ2v) is 6.48. The molecule has 1 aromatic heterocycles. The highest BCUT2D eigenvalue weighted by molar-refractivity contribution is 6.35. The van der Waals surface area contributed by atoms with Crippen LogP contribution in [0.1, 0.15) is 0 Å². The van der Waals surface area contributed by atoms with E-state index >= 15 is 0 Å². The summed E-state index contributed by atoms with van der Waals surface area (Å²) in [6, 6.07) is 19.0. The van der Waals surface area contributed by atoms with E-state index in [0.717, 1.165) is 15.3 Å². The molecule has 0 fully saturated rings. The predicted octanol–water partition coefficient (Wildman–Crippen LogP) is 4.81. The Labute approximate surface area is 152 Å². The van der Waals surface area contributed by atoms with Crippen LogP contribution in [0.4, 0.5) is 0 Å². The van der Waals surface area contributed by atoms with E-state index in [9.17, 15) is 9.59 Å². The minimum atomic E-state index is -0.416. The van der Waals surface area contributed by atoms with Crippen molar-refractivity contribution in [2.45, 2.75) is 0 Å². The van der Waals surface area contributed by atoms with Crippen LogP contribution < -0.4 is 11.1 Å². The Bertz CT molecular complexity index is 1190. The van der Waals surface area contributed by atoms with Gasteiger partial charge in [0.25, 0.3) is 11.1 Å². The maximum atomic E-state index is 13.2. The van der Waals surface area contributed by atoms with Crippen LogP contribution in [0.25, 0.3) is 27.2 Å². The van der Waals surface area contributed by atoms with Gasteiger partial charge in [0.1, 0.15) is 0 Å². The highest BCUT2D eigenvalue weighted by atomic mass is 35.5. The number of rotatable bonds is 1. The van der Waals surface area contributed by atoms with Crippen LogP contribution in [0.2, 0.25) is 10.0 Å². The maximum Gasteiger partial charge on any atom is 0.266 e. The first-order valence-electron chi connectivity index (χ1n) is 7.60. The van der Waals surface area contributed by atoms with Gasteiger partial charge in [0, 0.05) is 15.8 Å². The molecule has 0 unspecified atom stereocenters. The quantitative estimate of drug-likeness (QED) is 0.484. The van der Waals surface area contributed by atoms with Crippen molar-refractivity contribution in [3.05, 3.63) is 97.5 Å². The summed E-state index contributed by atoms with van der Waals surface area (Å²) in [6.07, 6.45) is 0. The molecule has 3 aromatic carbocycles. The third kappa shape index (κ3) is 2.53. The van der Waals surface area contributed by atoms with E-state index in [0.29, 0.717) is 21.5 Å². The summed E-state index contributed by atoms with van der Waals surface area (Å²) < 4.78 is 1.11. The van der Waals surface area contributed by atoms with Crippen molar-refractivity contribution < 1.29 is 0 Å². The second-order valence-electron chi connectivity index (χ2n) is 5.63. The van der Waals surface area contributed by atoms with Gasteiger partial charge in [0.2, 0.25) is 0 Å². The van der Waals surface area contributed by atoms with Crippen LogP contribution in [-0.4, -0.2) is 4.57 Å². The summed E-state index contributed by atoms with van der Waals surface area (Å²) in [5.41, 5.74) is -0.519. The molecule has 0 amide bonds. The molecule has 0 aliphatic heterocycles. The van der Waals surface area contributed by atoms with Gasteiger partial charge in [-0.3, -0.25) is 9.59 Å². The molecule has 122 valence electrons. The summed E-state index contributed by atoms with van der Waals surface area (Å²) >= 11 is 12.2. The number of nitrogens with zero attached hydrogens (tertiary/aromatic N) is 1. The molecule has 0 N–H and O–H groups in total. The van der Waals surface area contributed by atoms with Crippen LogP contribution in [-0.2, 0) is 0 Å². The fraction of sp³-hybridized carbons (Fsp3) is 0. The molecule has 0 saturated carbocycles. The second kappa shape index (κ2) is 6.03. The van der Waals surface area contributed by atoms with Gasteiger partial charge < -0.3 is 0 Å². The van der Waals surface area contributed by atoms with Gasteiger partial charge in [-0.2, -0.15) is 0 Å². The number of aromatic nitrogens is 1. The third-order valence-corrected chi connectivity index (χ3v) is 4.70. The minimum Gasteiger partial charge on any atom is -0.268 e. The highest BCUT2D eigenvalue weighted by Gasteiger charge is 2.14. The van der Waals surface area contributed by atoms with Crippen molar-refractivity contribution >= 4 is 44.7 Å². The van der Waals surface area contributed by atoms with E-state index < -0.39 is 11.1 Å². The van der Waals surface area contributed by atoms with Gasteiger partial charge in [-0.1, -0.05) is 59.6 Å². The normalized spacial score (nSPS) is 11.1. The Morgan fingerprint density at radius 1 is 0.640 bits per heavy atom. The zero-order valence-electron chi connectivity index (χ0n) is 12.9. The van der Waals surface area contributed by atoms with Crippen molar-refractivity contribution in [1.82, 2.24) is 4.57 Å². The maximum absolute atomic E-state index is 13.2. The first-order valence-corrected chi connectivity index (χ1v) is 8.36. The van der Waals surface area contributed by atoms with Gasteiger partial charge in [0.05, 0.1) is 10.7 Å². The van der Waals surface area contributed by atoms with E-state index in [-0.39, 0.29) is 5.02 Å². The monoisotopic (exact) mass is 367 g/mol. The van der Waals surface area contributed by atoms with Crippen LogP contribution in [0.5, 0.6) is 0 Å². The minimum absolute atomic E-state index is 0.242. The van der Waals surface area contributed by atoms with Crippen LogP contribution in [0.3, 0.4) is 0 Å². The summed E-state index contributed by atoms with van der Waals surface area (Å²) in [7, 11) is 0. The van der Waals surface area contributed by atoms with Gasteiger partial charge in [-0.15, -0.1) is 0 Å². The molecule has 4 aromatic rings. The molecule has 0 aliphatic carbocycles. The highest BCUT2D eigenvalue weighted by Crippen LogP contribution is 2.24. The Balaban J connectivity index is 2.33. The number of hydrogen-bond donors (Lipinski definition) is 0. The smallest absolute Gasteiger partial charge is 0.266 e. The lowest BCUT2D eigenvalue weighted by Crippen LogP contribution is -2.28. The van der Waals surface area contributed by atoms with Crippen molar-refractivity contribution in [2.75, 3.05) is 0 Å². The third-order valence-electron chi connectivity index (χ3n) is 4.16. The largest absolute Gasteiger partial charge is 0.268 e. The van der Waals surface area contributed by atoms with E-state index in [1.807, 2.05) is 24.3 Å². The van der Waals surface area contributed by atoms with E-state index in [4.69, 9.17) is 23.2 Å². The molecule has 0 aliphatic rings. The molecule has 0 radical (unpaired) electrons. The Kier molecular flexibility index (Phi) is 3.83. The van der Waals surface area contributed by atoms with Crippen molar-refractivity contribution in [3.63, 3.8) is 0 Å². The fourth-order valence-electron chi connectivity index (χ4n) is 3.02. The molecule has 4 rings (SSSR count). The lowest BCUT2D eigenvalue weighted by molar-refractivity contribution is 0.976. The average molecular weight is 368 g/mol. The molecule has 0 bridgehead atoms. The lowest BCUT2D eigenvalue weighted by atomic mass is 10.1. The Morgan fingerprint density at radius 3 is 1.60 bits per heavy atom. The van der Waals surface area contributed by atoms with Crippen molar-refractivity contribution in [3.8, 4) is 5.69 Å². The van der Waals surface area contributed by atoms with Gasteiger partial charge in [-0.25, -0.2) is 4.57 Å². The summed E-state index contributed by atoms with van der Waals surface area (Å²) in [4.78, 5) is 26.3. The summed E-state index contributed by atoms with van der Waals surface area (Å²) in [5, 5.41) is 3.03. The molecule has 5 heteroatoms. The number of hydrogen-bond acceptors (Lipinski definition) is 2. The molecular formula is C20H11Cl2NO2. The number of halogens is 2. The zero-order valence-corrected chi connectivity index (χ0v) is 14.4. The topological polar surface area (TPSA) is 39.1 Å². The summed E-state index contributed by atoms with van der Waals surface area (Å²) in [5.74, 6) is 0. The Hall–Kier alpha value is -2.62. The SMILES string of the molecule is O=c1c2ccccc2c2ccccc2c(=O)n1-c1ccc(Cl)cc1Cl. The predicted molar refractivity (Wildman–Crippen MR) is 103 cm³/mol. The standard InChI is InChI=1S/C20H11Cl2NO2/c21-12-9-10-18(17(22)11-12)23-19(24)15-7-3-1-5-13(15)14-6-2-4-8-16(14)20(23)25/h1-11H. The molecular weight excluding hydrogens is 357 g/mol. The van der Waals surface area contributed by atoms with Crippen molar-refractivity contribution in [1.29, 1.82) is 0 Å². The van der Waals surface area contributed by atoms with E-state index in [1.165, 1.54) is 6.07 Å². The Morgan fingerprint density at radius 2 is 1.12 bits per heavy atom. The lowest BCUT2D eigenvalue weighted by Gasteiger charge is -2.05. The fourth-order valence-corrected chi connectivity index (χ4v) is 3.52. The van der Waals surface area contributed by atoms with Crippen LogP contribution >= 0.6 is 23.2 Å². The number of fused-ring (bicyclic) bond motifs is 3. The van der Waals surface area contributed by atoms with E-state index in [2.05, 4.69) is 0 Å². The van der Waals surface area contributed by atoms with Crippen molar-refractivity contribution in [2.24, 2.45) is 0 Å². The molecule has 0 atom stereocenters. The molecule has 0 spiro atoms. The van der Waals surface area contributed by atoms with Gasteiger partial charge >= 0.3 is 0 Å². The van der Waals surface area contributed by atoms with E-state index in [1.54, 1.807) is 36.4 Å². The first kappa shape index (κ1) is 15.9. The molecule has 1 heterocycles. The van der Waals surface area contributed by atoms with Crippen LogP contribution in [0.15, 0.2) is 76.3 Å². The summed E-state index contributed by atoms with van der Waals surface area (Å²) in [6.45, 7) is 0. The molecule has 25 heavy (non-hydrogen) atoms. The van der Waals surface area contributed by atoms with Crippen LogP contribution in [0, 0.1) is 0 Å². The first-order chi connectivity index (χ1) is 12.1. The van der Waals surface area contributed by atoms with Gasteiger partial charge in [0.15, 0.2) is 0 Å². The van der Waals surface area contributed by atoms with Gasteiger partial charge in [-0.05, 0) is 41.1 Å². The average Bonchev–Trinajstić information content (AvgIpc) is 2.71. The molecule has 3 nitrogen and oxygen atoms in total. The zero-order chi connectivity index (χ0) is 17.6. The number of benzene rings is 3.